The molecule has 0 aliphatic carbocycles. The van der Waals surface area contributed by atoms with Crippen LogP contribution in [0.5, 0.6) is 0 Å². The molecule has 8 heteroatoms. The van der Waals surface area contributed by atoms with Crippen molar-refractivity contribution >= 4 is 44.9 Å². The molecular formula is C25H23N5O2S. The van der Waals surface area contributed by atoms with E-state index < -0.39 is 0 Å². The Labute approximate surface area is 195 Å². The van der Waals surface area contributed by atoms with Crippen LogP contribution >= 0.6 is 11.3 Å². The predicted octanol–water partition coefficient (Wildman–Crippen LogP) is 4.19. The third-order valence-corrected chi connectivity index (χ3v) is 7.45. The molecular weight excluding hydrogens is 434 g/mol. The number of aryl methyl sites for hydroxylation is 1. The van der Waals surface area contributed by atoms with E-state index in [4.69, 9.17) is 0 Å². The van der Waals surface area contributed by atoms with Crippen molar-refractivity contribution in [3.05, 3.63) is 76.4 Å². The molecule has 0 radical (unpaired) electrons. The minimum atomic E-state index is -0.265. The number of nitrogens with zero attached hydrogens (tertiary/aromatic N) is 4. The van der Waals surface area contributed by atoms with Crippen LogP contribution in [-0.2, 0) is 17.8 Å². The minimum absolute atomic E-state index is 0.0406. The summed E-state index contributed by atoms with van der Waals surface area (Å²) in [6, 6.07) is 15.9. The Morgan fingerprint density at radius 2 is 1.97 bits per heavy atom. The lowest BCUT2D eigenvalue weighted by molar-refractivity contribution is -0.116. The van der Waals surface area contributed by atoms with Crippen LogP contribution in [0.3, 0.4) is 0 Å². The number of aromatic nitrogens is 2. The second-order valence-electron chi connectivity index (χ2n) is 8.56. The third kappa shape index (κ3) is 3.05. The maximum atomic E-state index is 13.4. The molecule has 0 spiro atoms. The van der Waals surface area contributed by atoms with E-state index >= 15 is 0 Å². The summed E-state index contributed by atoms with van der Waals surface area (Å²) in [6.07, 6.45) is 0.493. The van der Waals surface area contributed by atoms with Gasteiger partial charge in [-0.05, 0) is 37.1 Å². The maximum absolute atomic E-state index is 13.4. The third-order valence-electron chi connectivity index (χ3n) is 6.57. The molecule has 166 valence electrons. The van der Waals surface area contributed by atoms with E-state index in [0.29, 0.717) is 11.7 Å². The number of anilines is 2. The number of carbonyl (C=O) groups is 2. The molecule has 4 heterocycles. The number of thiazole rings is 1. The number of rotatable bonds is 3. The van der Waals surface area contributed by atoms with E-state index in [-0.39, 0.29) is 24.5 Å². The van der Waals surface area contributed by atoms with Gasteiger partial charge in [-0.25, -0.2) is 4.98 Å². The molecule has 0 saturated heterocycles. The van der Waals surface area contributed by atoms with Crippen molar-refractivity contribution in [3.8, 4) is 0 Å². The van der Waals surface area contributed by atoms with Crippen molar-refractivity contribution in [3.63, 3.8) is 0 Å². The molecule has 6 rings (SSSR count). The number of carbonyl (C=O) groups excluding carboxylic acids is 2. The number of nitrogens with one attached hydrogen (secondary N) is 1. The fourth-order valence-corrected chi connectivity index (χ4v) is 5.90. The van der Waals surface area contributed by atoms with Crippen LogP contribution in [-0.4, -0.2) is 39.9 Å². The van der Waals surface area contributed by atoms with E-state index in [2.05, 4.69) is 31.9 Å². The molecule has 2 aromatic heterocycles. The monoisotopic (exact) mass is 457 g/mol. The number of amides is 2. The Bertz CT molecular complexity index is 1420. The highest BCUT2D eigenvalue weighted by atomic mass is 32.1. The molecule has 7 nitrogen and oxygen atoms in total. The fraction of sp³-hybridized carbons (Fsp3) is 0.240. The Kier molecular flexibility index (Phi) is 4.51. The summed E-state index contributed by atoms with van der Waals surface area (Å²) < 4.78 is 2.08. The average molecular weight is 458 g/mol. The maximum Gasteiger partial charge on any atom is 0.257 e. The highest BCUT2D eigenvalue weighted by Crippen LogP contribution is 2.44. The van der Waals surface area contributed by atoms with Gasteiger partial charge in [-0.15, -0.1) is 11.3 Å². The zero-order chi connectivity index (χ0) is 22.7. The summed E-state index contributed by atoms with van der Waals surface area (Å²) in [6.45, 7) is 2.71. The van der Waals surface area contributed by atoms with Crippen molar-refractivity contribution in [2.45, 2.75) is 26.1 Å². The van der Waals surface area contributed by atoms with E-state index in [1.54, 1.807) is 0 Å². The number of benzene rings is 2. The van der Waals surface area contributed by atoms with Gasteiger partial charge in [0.15, 0.2) is 5.13 Å². The molecule has 4 aromatic rings. The van der Waals surface area contributed by atoms with E-state index in [1.165, 1.54) is 16.9 Å². The number of hydrogen-bond acceptors (Lipinski definition) is 5. The van der Waals surface area contributed by atoms with Gasteiger partial charge >= 0.3 is 0 Å². The predicted molar refractivity (Wildman–Crippen MR) is 130 cm³/mol. The summed E-state index contributed by atoms with van der Waals surface area (Å²) in [5, 5.41) is 6.59. The van der Waals surface area contributed by atoms with Crippen molar-refractivity contribution in [2.75, 3.05) is 23.8 Å². The smallest absolute Gasteiger partial charge is 0.257 e. The van der Waals surface area contributed by atoms with E-state index in [1.807, 2.05) is 60.6 Å². The van der Waals surface area contributed by atoms with Crippen molar-refractivity contribution in [1.82, 2.24) is 14.5 Å². The van der Waals surface area contributed by atoms with E-state index in [0.717, 1.165) is 40.0 Å². The summed E-state index contributed by atoms with van der Waals surface area (Å²) in [5.41, 5.74) is 5.75. The molecule has 0 unspecified atom stereocenters. The van der Waals surface area contributed by atoms with Gasteiger partial charge in [0, 0.05) is 29.9 Å². The van der Waals surface area contributed by atoms with Gasteiger partial charge < -0.3 is 19.7 Å². The molecule has 0 saturated carbocycles. The molecule has 33 heavy (non-hydrogen) atoms. The molecule has 2 aliphatic rings. The first-order valence-electron chi connectivity index (χ1n) is 11.0. The highest BCUT2D eigenvalue weighted by molar-refractivity contribution is 7.13. The second-order valence-corrected chi connectivity index (χ2v) is 9.42. The largest absolute Gasteiger partial charge is 0.349 e. The Morgan fingerprint density at radius 3 is 2.79 bits per heavy atom. The molecule has 1 N–H and O–H groups in total. The quantitative estimate of drug-likeness (QED) is 0.501. The zero-order valence-corrected chi connectivity index (χ0v) is 19.2. The molecule has 2 aliphatic heterocycles. The van der Waals surface area contributed by atoms with Crippen LogP contribution in [0.25, 0.3) is 10.9 Å². The van der Waals surface area contributed by atoms with Gasteiger partial charge in [-0.3, -0.25) is 9.59 Å². The van der Waals surface area contributed by atoms with Gasteiger partial charge in [0.25, 0.3) is 5.91 Å². The number of fused-ring (bicyclic) bond motifs is 6. The second kappa shape index (κ2) is 7.45. The SMILES string of the molecule is Cc1csc(NC(=O)Cn2c3c(c4ccccc42)CCN2C(=O)c4ccccc4N(C)[C@@H]32)n1. The van der Waals surface area contributed by atoms with E-state index in [9.17, 15) is 9.59 Å². The van der Waals surface area contributed by atoms with Gasteiger partial charge in [-0.2, -0.15) is 0 Å². The lowest BCUT2D eigenvalue weighted by Crippen LogP contribution is -2.51. The molecule has 0 fully saturated rings. The van der Waals surface area contributed by atoms with Crippen molar-refractivity contribution in [1.29, 1.82) is 0 Å². The summed E-state index contributed by atoms with van der Waals surface area (Å²) in [5.74, 6) is -0.0888. The van der Waals surface area contributed by atoms with Crippen LogP contribution in [0, 0.1) is 6.92 Å². The van der Waals surface area contributed by atoms with Gasteiger partial charge in [-0.1, -0.05) is 30.3 Å². The number of para-hydroxylation sites is 2. The van der Waals surface area contributed by atoms with Gasteiger partial charge in [0.1, 0.15) is 12.7 Å². The normalized spacial score (nSPS) is 17.0. The summed E-state index contributed by atoms with van der Waals surface area (Å²) in [4.78, 5) is 34.9. The summed E-state index contributed by atoms with van der Waals surface area (Å²) >= 11 is 1.42. The molecule has 1 atom stereocenters. The Morgan fingerprint density at radius 1 is 1.18 bits per heavy atom. The van der Waals surface area contributed by atoms with Crippen molar-refractivity contribution < 1.29 is 9.59 Å². The van der Waals surface area contributed by atoms with Crippen LogP contribution in [0.1, 0.15) is 33.5 Å². The minimum Gasteiger partial charge on any atom is -0.349 e. The van der Waals surface area contributed by atoms with Crippen LogP contribution in [0.4, 0.5) is 10.8 Å². The standard InChI is InChI=1S/C25H23N5O2S/c1-15-14-33-25(26-15)27-21(31)13-30-20-10-6-3-7-16(20)17-11-12-29-23(22(17)30)28(2)19-9-5-4-8-18(19)24(29)32/h3-10,14,23H,11-13H2,1-2H3,(H,26,27,31)/t23-/m1/s1. The van der Waals surface area contributed by atoms with Gasteiger partial charge in [0.2, 0.25) is 5.91 Å². The van der Waals surface area contributed by atoms with Crippen molar-refractivity contribution in [2.24, 2.45) is 0 Å². The summed E-state index contributed by atoms with van der Waals surface area (Å²) in [7, 11) is 2.03. The van der Waals surface area contributed by atoms with Gasteiger partial charge in [0.05, 0.1) is 22.6 Å². The Hall–Kier alpha value is -3.65. The first-order valence-corrected chi connectivity index (χ1v) is 11.9. The first-order chi connectivity index (χ1) is 16.0. The molecule has 0 bridgehead atoms. The first kappa shape index (κ1) is 20.0. The molecule has 2 aromatic carbocycles. The van der Waals surface area contributed by atoms with Crippen LogP contribution in [0.2, 0.25) is 0 Å². The lowest BCUT2D eigenvalue weighted by atomic mass is 9.96. The topological polar surface area (TPSA) is 70.5 Å². The number of hydrogen-bond donors (Lipinski definition) is 1. The molecule has 2 amide bonds. The fourth-order valence-electron chi connectivity index (χ4n) is 5.19. The lowest BCUT2D eigenvalue weighted by Gasteiger charge is -2.46. The highest BCUT2D eigenvalue weighted by Gasteiger charge is 2.42. The van der Waals surface area contributed by atoms with Crippen LogP contribution < -0.4 is 10.2 Å². The Balaban J connectivity index is 1.47. The zero-order valence-electron chi connectivity index (χ0n) is 18.4. The average Bonchev–Trinajstić information content (AvgIpc) is 3.38. The van der Waals surface area contributed by atoms with Crippen LogP contribution in [0.15, 0.2) is 53.9 Å².